The van der Waals surface area contributed by atoms with E-state index in [1.807, 2.05) is 74.2 Å². The Morgan fingerprint density at radius 3 is 2.21 bits per heavy atom. The van der Waals surface area contributed by atoms with Crippen LogP contribution in [0, 0.1) is 0 Å². The SMILES string of the molecule is CCN(CC)C(=O)C(C)Sc1nnc(Cc2ccccc2)n1-c1ccccc1. The van der Waals surface area contributed by atoms with Crippen LogP contribution in [0.3, 0.4) is 0 Å². The second-order valence-corrected chi connectivity index (χ2v) is 7.81. The van der Waals surface area contributed by atoms with E-state index in [0.717, 1.165) is 16.7 Å². The lowest BCUT2D eigenvalue weighted by Crippen LogP contribution is -2.36. The third-order valence-electron chi connectivity index (χ3n) is 4.62. The van der Waals surface area contributed by atoms with Crippen LogP contribution in [-0.2, 0) is 11.2 Å². The molecule has 0 spiro atoms. The zero-order valence-electron chi connectivity index (χ0n) is 16.6. The van der Waals surface area contributed by atoms with Crippen molar-refractivity contribution in [3.63, 3.8) is 0 Å². The van der Waals surface area contributed by atoms with Crippen LogP contribution < -0.4 is 0 Å². The largest absolute Gasteiger partial charge is 0.342 e. The van der Waals surface area contributed by atoms with Gasteiger partial charge in [0.2, 0.25) is 5.91 Å². The quantitative estimate of drug-likeness (QED) is 0.537. The fourth-order valence-corrected chi connectivity index (χ4v) is 4.08. The van der Waals surface area contributed by atoms with Crippen LogP contribution in [0.1, 0.15) is 32.2 Å². The highest BCUT2D eigenvalue weighted by molar-refractivity contribution is 8.00. The van der Waals surface area contributed by atoms with Crippen molar-refractivity contribution in [1.82, 2.24) is 19.7 Å². The fourth-order valence-electron chi connectivity index (χ4n) is 3.11. The van der Waals surface area contributed by atoms with E-state index in [0.29, 0.717) is 19.5 Å². The lowest BCUT2D eigenvalue weighted by molar-refractivity contribution is -0.129. The van der Waals surface area contributed by atoms with Gasteiger partial charge in [-0.25, -0.2) is 0 Å². The van der Waals surface area contributed by atoms with E-state index in [1.165, 1.54) is 17.3 Å². The van der Waals surface area contributed by atoms with Crippen LogP contribution in [0.2, 0.25) is 0 Å². The van der Waals surface area contributed by atoms with E-state index in [2.05, 4.69) is 26.9 Å². The second-order valence-electron chi connectivity index (χ2n) is 6.50. The first kappa shape index (κ1) is 20.1. The summed E-state index contributed by atoms with van der Waals surface area (Å²) in [7, 11) is 0. The Hall–Kier alpha value is -2.60. The molecule has 146 valence electrons. The average Bonchev–Trinajstić information content (AvgIpc) is 3.12. The number of amides is 1. The summed E-state index contributed by atoms with van der Waals surface area (Å²) < 4.78 is 2.06. The Labute approximate surface area is 170 Å². The van der Waals surface area contributed by atoms with Crippen LogP contribution in [0.15, 0.2) is 65.8 Å². The highest BCUT2D eigenvalue weighted by Crippen LogP contribution is 2.27. The Morgan fingerprint density at radius 1 is 1.00 bits per heavy atom. The van der Waals surface area contributed by atoms with Crippen LogP contribution in [0.5, 0.6) is 0 Å². The lowest BCUT2D eigenvalue weighted by atomic mass is 10.1. The molecule has 0 aliphatic rings. The molecule has 1 aromatic heterocycles. The van der Waals surface area contributed by atoms with Gasteiger partial charge >= 0.3 is 0 Å². The predicted molar refractivity (Wildman–Crippen MR) is 114 cm³/mol. The van der Waals surface area contributed by atoms with Gasteiger partial charge in [0.25, 0.3) is 0 Å². The van der Waals surface area contributed by atoms with Crippen molar-refractivity contribution in [3.8, 4) is 5.69 Å². The fraction of sp³-hybridized carbons (Fsp3) is 0.318. The minimum Gasteiger partial charge on any atom is -0.342 e. The van der Waals surface area contributed by atoms with Crippen LogP contribution >= 0.6 is 11.8 Å². The maximum Gasteiger partial charge on any atom is 0.235 e. The molecule has 0 saturated carbocycles. The minimum atomic E-state index is -0.226. The standard InChI is InChI=1S/C22H26N4OS/c1-4-25(5-2)21(27)17(3)28-22-24-23-20(16-18-12-8-6-9-13-18)26(22)19-14-10-7-11-15-19/h6-15,17H,4-5,16H2,1-3H3. The van der Waals surface area contributed by atoms with Gasteiger partial charge in [-0.05, 0) is 38.5 Å². The van der Waals surface area contributed by atoms with Crippen LogP contribution in [0.25, 0.3) is 5.69 Å². The molecular formula is C22H26N4OS. The van der Waals surface area contributed by atoms with Crippen molar-refractivity contribution in [3.05, 3.63) is 72.1 Å². The molecule has 0 N–H and O–H groups in total. The first-order valence-electron chi connectivity index (χ1n) is 9.63. The Kier molecular flexibility index (Phi) is 6.87. The van der Waals surface area contributed by atoms with E-state index < -0.39 is 0 Å². The molecule has 1 amide bonds. The van der Waals surface area contributed by atoms with Gasteiger partial charge in [0.15, 0.2) is 5.16 Å². The van der Waals surface area contributed by atoms with Gasteiger partial charge < -0.3 is 4.90 Å². The molecular weight excluding hydrogens is 368 g/mol. The molecule has 0 radical (unpaired) electrons. The van der Waals surface area contributed by atoms with Crippen molar-refractivity contribution in [2.75, 3.05) is 13.1 Å². The normalized spacial score (nSPS) is 12.0. The molecule has 3 rings (SSSR count). The van der Waals surface area contributed by atoms with E-state index in [9.17, 15) is 4.79 Å². The summed E-state index contributed by atoms with van der Waals surface area (Å²) in [5.41, 5.74) is 2.18. The van der Waals surface area contributed by atoms with Gasteiger partial charge in [-0.2, -0.15) is 0 Å². The van der Waals surface area contributed by atoms with Gasteiger partial charge in [0.05, 0.1) is 5.25 Å². The summed E-state index contributed by atoms with van der Waals surface area (Å²) in [5.74, 6) is 0.990. The third-order valence-corrected chi connectivity index (χ3v) is 5.66. The summed E-state index contributed by atoms with van der Waals surface area (Å²) >= 11 is 1.46. The molecule has 0 bridgehead atoms. The molecule has 0 aliphatic carbocycles. The molecule has 5 nitrogen and oxygen atoms in total. The smallest absolute Gasteiger partial charge is 0.235 e. The zero-order valence-corrected chi connectivity index (χ0v) is 17.4. The predicted octanol–water partition coefficient (Wildman–Crippen LogP) is 4.21. The van der Waals surface area contributed by atoms with Gasteiger partial charge in [-0.15, -0.1) is 10.2 Å². The van der Waals surface area contributed by atoms with Gasteiger partial charge in [-0.1, -0.05) is 60.3 Å². The minimum absolute atomic E-state index is 0.127. The van der Waals surface area contributed by atoms with E-state index in [-0.39, 0.29) is 11.2 Å². The number of aromatic nitrogens is 3. The number of benzene rings is 2. The monoisotopic (exact) mass is 394 g/mol. The van der Waals surface area contributed by atoms with E-state index in [1.54, 1.807) is 0 Å². The first-order chi connectivity index (χ1) is 13.6. The van der Waals surface area contributed by atoms with Crippen molar-refractivity contribution < 1.29 is 4.79 Å². The molecule has 1 heterocycles. The molecule has 1 atom stereocenters. The number of carbonyl (C=O) groups excluding carboxylic acids is 1. The van der Waals surface area contributed by atoms with E-state index >= 15 is 0 Å². The number of hydrogen-bond acceptors (Lipinski definition) is 4. The molecule has 0 aliphatic heterocycles. The highest BCUT2D eigenvalue weighted by Gasteiger charge is 2.23. The van der Waals surface area contributed by atoms with Gasteiger partial charge in [0, 0.05) is 25.2 Å². The average molecular weight is 395 g/mol. The number of thioether (sulfide) groups is 1. The summed E-state index contributed by atoms with van der Waals surface area (Å²) in [6.45, 7) is 7.37. The Morgan fingerprint density at radius 2 is 1.61 bits per heavy atom. The van der Waals surface area contributed by atoms with Crippen molar-refractivity contribution in [2.24, 2.45) is 0 Å². The number of carbonyl (C=O) groups is 1. The topological polar surface area (TPSA) is 51.0 Å². The summed E-state index contributed by atoms with van der Waals surface area (Å²) in [5, 5.41) is 9.39. The van der Waals surface area contributed by atoms with Crippen LogP contribution in [0.4, 0.5) is 0 Å². The lowest BCUT2D eigenvalue weighted by Gasteiger charge is -2.22. The van der Waals surface area contributed by atoms with E-state index in [4.69, 9.17) is 0 Å². The molecule has 1 unspecified atom stereocenters. The number of rotatable bonds is 8. The maximum atomic E-state index is 12.7. The molecule has 3 aromatic rings. The summed E-state index contributed by atoms with van der Waals surface area (Å²) in [6, 6.07) is 20.3. The second kappa shape index (κ2) is 9.55. The Bertz CT molecular complexity index is 891. The molecule has 2 aromatic carbocycles. The highest BCUT2D eigenvalue weighted by atomic mass is 32.2. The molecule has 28 heavy (non-hydrogen) atoms. The summed E-state index contributed by atoms with van der Waals surface area (Å²) in [4.78, 5) is 14.6. The van der Waals surface area contributed by atoms with Gasteiger partial charge in [0.1, 0.15) is 5.82 Å². The Balaban J connectivity index is 1.92. The summed E-state index contributed by atoms with van der Waals surface area (Å²) in [6.07, 6.45) is 0.682. The zero-order chi connectivity index (χ0) is 19.9. The van der Waals surface area contributed by atoms with Crippen LogP contribution in [-0.4, -0.2) is 43.9 Å². The molecule has 6 heteroatoms. The van der Waals surface area contributed by atoms with Gasteiger partial charge in [-0.3, -0.25) is 9.36 Å². The number of nitrogens with zero attached hydrogens (tertiary/aromatic N) is 4. The van der Waals surface area contributed by atoms with Crippen molar-refractivity contribution in [1.29, 1.82) is 0 Å². The third kappa shape index (κ3) is 4.62. The molecule has 0 fully saturated rings. The van der Waals surface area contributed by atoms with Crippen molar-refractivity contribution in [2.45, 2.75) is 37.6 Å². The number of para-hydroxylation sites is 1. The molecule has 0 saturated heterocycles. The van der Waals surface area contributed by atoms with Crippen molar-refractivity contribution >= 4 is 17.7 Å². The number of hydrogen-bond donors (Lipinski definition) is 0. The first-order valence-corrected chi connectivity index (χ1v) is 10.5. The maximum absolute atomic E-state index is 12.7.